The maximum atomic E-state index is 5.53. The molecule has 0 spiro atoms. The number of nitrogens with zero attached hydrogens (tertiary/aromatic N) is 3. The van der Waals surface area contributed by atoms with Crippen molar-refractivity contribution in [1.29, 1.82) is 0 Å². The van der Waals surface area contributed by atoms with Gasteiger partial charge in [0.2, 0.25) is 6.79 Å². The lowest BCUT2D eigenvalue weighted by Gasteiger charge is -2.43. The molecule has 0 amide bonds. The molecule has 0 unspecified atom stereocenters. The van der Waals surface area contributed by atoms with E-state index >= 15 is 0 Å². The third-order valence-corrected chi connectivity index (χ3v) is 6.81. The van der Waals surface area contributed by atoms with Gasteiger partial charge in [0, 0.05) is 51.9 Å². The monoisotopic (exact) mass is 407 g/mol. The molecule has 2 aromatic carbocycles. The van der Waals surface area contributed by atoms with Gasteiger partial charge in [-0.2, -0.15) is 0 Å². The second-order valence-electron chi connectivity index (χ2n) is 8.83. The number of ether oxygens (including phenoxy) is 2. The second-order valence-corrected chi connectivity index (χ2v) is 8.83. The van der Waals surface area contributed by atoms with Crippen molar-refractivity contribution in [1.82, 2.24) is 14.7 Å². The molecule has 2 saturated heterocycles. The fourth-order valence-corrected chi connectivity index (χ4v) is 5.05. The fourth-order valence-electron chi connectivity index (χ4n) is 5.05. The van der Waals surface area contributed by atoms with Gasteiger partial charge in [-0.25, -0.2) is 0 Å². The number of benzene rings is 2. The van der Waals surface area contributed by atoms with Gasteiger partial charge in [0.05, 0.1) is 0 Å². The second kappa shape index (κ2) is 9.38. The fraction of sp³-hybridized carbons (Fsp3) is 0.520. The van der Waals surface area contributed by atoms with Crippen LogP contribution in [0.25, 0.3) is 0 Å². The van der Waals surface area contributed by atoms with Crippen LogP contribution in [0, 0.1) is 0 Å². The maximum absolute atomic E-state index is 5.53. The first-order chi connectivity index (χ1) is 14.8. The van der Waals surface area contributed by atoms with E-state index in [2.05, 4.69) is 57.2 Å². The molecule has 3 aliphatic heterocycles. The van der Waals surface area contributed by atoms with Gasteiger partial charge in [-0.15, -0.1) is 0 Å². The van der Waals surface area contributed by atoms with E-state index in [-0.39, 0.29) is 0 Å². The molecule has 2 aromatic rings. The molecule has 3 heterocycles. The predicted octanol–water partition coefficient (Wildman–Crippen LogP) is 3.24. The zero-order chi connectivity index (χ0) is 20.2. The van der Waals surface area contributed by atoms with Crippen LogP contribution in [0.15, 0.2) is 48.5 Å². The molecule has 160 valence electrons. The summed E-state index contributed by atoms with van der Waals surface area (Å²) in [4.78, 5) is 8.00. The van der Waals surface area contributed by atoms with Crippen molar-refractivity contribution in [3.05, 3.63) is 59.7 Å². The molecule has 5 heteroatoms. The zero-order valence-corrected chi connectivity index (χ0v) is 17.8. The minimum Gasteiger partial charge on any atom is -0.454 e. The van der Waals surface area contributed by atoms with Gasteiger partial charge in [-0.1, -0.05) is 36.4 Å². The average Bonchev–Trinajstić information content (AvgIpc) is 3.27. The lowest BCUT2D eigenvalue weighted by atomic mass is 10.0. The molecule has 30 heavy (non-hydrogen) atoms. The number of piperidine rings is 1. The molecule has 0 radical (unpaired) electrons. The smallest absolute Gasteiger partial charge is 0.231 e. The van der Waals surface area contributed by atoms with E-state index in [1.165, 1.54) is 56.7 Å². The van der Waals surface area contributed by atoms with Crippen molar-refractivity contribution in [3.63, 3.8) is 0 Å². The Morgan fingerprint density at radius 2 is 1.63 bits per heavy atom. The first-order valence-corrected chi connectivity index (χ1v) is 11.4. The minimum absolute atomic E-state index is 0.348. The molecule has 0 bridgehead atoms. The average molecular weight is 408 g/mol. The van der Waals surface area contributed by atoms with Gasteiger partial charge >= 0.3 is 0 Å². The molecule has 3 aliphatic rings. The summed E-state index contributed by atoms with van der Waals surface area (Å²) in [6.07, 6.45) is 3.84. The van der Waals surface area contributed by atoms with Gasteiger partial charge < -0.3 is 14.4 Å². The van der Waals surface area contributed by atoms with Crippen LogP contribution >= 0.6 is 0 Å². The highest BCUT2D eigenvalue weighted by Gasteiger charge is 2.28. The maximum Gasteiger partial charge on any atom is 0.231 e. The molecule has 5 nitrogen and oxygen atoms in total. The van der Waals surface area contributed by atoms with E-state index in [0.29, 0.717) is 6.79 Å². The molecular weight excluding hydrogens is 374 g/mol. The third kappa shape index (κ3) is 4.80. The lowest BCUT2D eigenvalue weighted by Crippen LogP contribution is -2.55. The van der Waals surface area contributed by atoms with Gasteiger partial charge in [-0.3, -0.25) is 9.80 Å². The van der Waals surface area contributed by atoms with Crippen molar-refractivity contribution in [2.75, 3.05) is 52.6 Å². The Labute approximate surface area is 180 Å². The van der Waals surface area contributed by atoms with Crippen molar-refractivity contribution < 1.29 is 9.47 Å². The predicted molar refractivity (Wildman–Crippen MR) is 119 cm³/mol. The molecule has 2 fully saturated rings. The molecule has 5 rings (SSSR count). The van der Waals surface area contributed by atoms with Gasteiger partial charge in [0.1, 0.15) is 0 Å². The number of hydrogen-bond acceptors (Lipinski definition) is 5. The number of fused-ring (bicyclic) bond motifs is 1. The Bertz CT molecular complexity index is 820. The van der Waals surface area contributed by atoms with Crippen LogP contribution in [-0.2, 0) is 13.0 Å². The Balaban J connectivity index is 1.08. The summed E-state index contributed by atoms with van der Waals surface area (Å²) in [5.41, 5.74) is 2.77. The zero-order valence-electron chi connectivity index (χ0n) is 17.8. The van der Waals surface area contributed by atoms with Crippen molar-refractivity contribution in [2.24, 2.45) is 0 Å². The number of rotatable bonds is 6. The van der Waals surface area contributed by atoms with E-state index in [1.54, 1.807) is 0 Å². The molecule has 0 aliphatic carbocycles. The standard InChI is InChI=1S/C25H33N3O2/c1-2-5-21(6-3-1)10-12-26-11-4-7-23(19-26)28-15-13-27(14-16-28)18-22-8-9-24-25(17-22)30-20-29-24/h1-3,5-6,8-9,17,23H,4,7,10-16,18-20H2/t23-/m1/s1. The van der Waals surface area contributed by atoms with Crippen molar-refractivity contribution in [2.45, 2.75) is 31.8 Å². The van der Waals surface area contributed by atoms with Crippen LogP contribution in [0.5, 0.6) is 11.5 Å². The Hall–Kier alpha value is -2.08. The van der Waals surface area contributed by atoms with Crippen LogP contribution in [0.3, 0.4) is 0 Å². The highest BCUT2D eigenvalue weighted by atomic mass is 16.7. The molecule has 0 saturated carbocycles. The number of likely N-dealkylation sites (tertiary alicyclic amines) is 1. The van der Waals surface area contributed by atoms with E-state index in [1.807, 2.05) is 6.07 Å². The third-order valence-electron chi connectivity index (χ3n) is 6.81. The summed E-state index contributed by atoms with van der Waals surface area (Å²) < 4.78 is 11.0. The normalized spacial score (nSPS) is 23.0. The summed E-state index contributed by atoms with van der Waals surface area (Å²) in [6.45, 7) is 9.68. The van der Waals surface area contributed by atoms with E-state index in [0.717, 1.165) is 43.6 Å². The van der Waals surface area contributed by atoms with Crippen LogP contribution in [0.2, 0.25) is 0 Å². The topological polar surface area (TPSA) is 28.2 Å². The summed E-state index contributed by atoms with van der Waals surface area (Å²) >= 11 is 0. The molecular formula is C25H33N3O2. The number of hydrogen-bond donors (Lipinski definition) is 0. The van der Waals surface area contributed by atoms with Crippen LogP contribution < -0.4 is 9.47 Å². The van der Waals surface area contributed by atoms with Crippen molar-refractivity contribution in [3.8, 4) is 11.5 Å². The van der Waals surface area contributed by atoms with E-state index in [9.17, 15) is 0 Å². The van der Waals surface area contributed by atoms with Crippen molar-refractivity contribution >= 4 is 0 Å². The van der Waals surface area contributed by atoms with Crippen LogP contribution in [0.4, 0.5) is 0 Å². The largest absolute Gasteiger partial charge is 0.454 e. The SMILES string of the molecule is c1ccc(CCN2CCC[C@@H](N3CCN(Cc4ccc5c(c4)OCO5)CC3)C2)cc1. The van der Waals surface area contributed by atoms with Gasteiger partial charge in [-0.05, 0) is 49.1 Å². The summed E-state index contributed by atoms with van der Waals surface area (Å²) in [7, 11) is 0. The Kier molecular flexibility index (Phi) is 6.21. The highest BCUT2D eigenvalue weighted by molar-refractivity contribution is 5.44. The van der Waals surface area contributed by atoms with Gasteiger partial charge in [0.25, 0.3) is 0 Å². The minimum atomic E-state index is 0.348. The van der Waals surface area contributed by atoms with E-state index < -0.39 is 0 Å². The molecule has 1 atom stereocenters. The summed E-state index contributed by atoms with van der Waals surface area (Å²) in [5, 5.41) is 0. The number of piperazine rings is 1. The Morgan fingerprint density at radius 3 is 2.50 bits per heavy atom. The molecule has 0 N–H and O–H groups in total. The van der Waals surface area contributed by atoms with Gasteiger partial charge in [0.15, 0.2) is 11.5 Å². The Morgan fingerprint density at radius 1 is 0.800 bits per heavy atom. The lowest BCUT2D eigenvalue weighted by molar-refractivity contribution is 0.0502. The first kappa shape index (κ1) is 19.9. The van der Waals surface area contributed by atoms with Crippen LogP contribution in [0.1, 0.15) is 24.0 Å². The summed E-state index contributed by atoms with van der Waals surface area (Å²) in [6, 6.07) is 18.0. The van der Waals surface area contributed by atoms with Crippen LogP contribution in [-0.4, -0.2) is 73.3 Å². The highest BCUT2D eigenvalue weighted by Crippen LogP contribution is 2.33. The summed E-state index contributed by atoms with van der Waals surface area (Å²) in [5.74, 6) is 1.77. The quantitative estimate of drug-likeness (QED) is 0.733. The van der Waals surface area contributed by atoms with E-state index in [4.69, 9.17) is 9.47 Å². The first-order valence-electron chi connectivity index (χ1n) is 11.4. The molecule has 0 aromatic heterocycles.